The number of piperazine rings is 1. The molecular formula is C24H28Cl2N4O2. The highest BCUT2D eigenvalue weighted by molar-refractivity contribution is 6.42. The first kappa shape index (κ1) is 22.7. The molecule has 1 fully saturated rings. The predicted octanol–water partition coefficient (Wildman–Crippen LogP) is 5.84. The molecule has 1 aliphatic rings. The maximum Gasteiger partial charge on any atom is 0.410 e. The summed E-state index contributed by atoms with van der Waals surface area (Å²) >= 11 is 12.4. The third-order valence-corrected chi connectivity index (χ3v) is 6.23. The van der Waals surface area contributed by atoms with E-state index in [1.54, 1.807) is 4.90 Å². The molecule has 3 aromatic rings. The lowest BCUT2D eigenvalue weighted by molar-refractivity contribution is 0.0218. The van der Waals surface area contributed by atoms with E-state index in [-0.39, 0.29) is 12.1 Å². The van der Waals surface area contributed by atoms with Crippen LogP contribution in [0.4, 0.5) is 10.7 Å². The molecule has 170 valence electrons. The van der Waals surface area contributed by atoms with Gasteiger partial charge in [0.05, 0.1) is 27.6 Å². The summed E-state index contributed by atoms with van der Waals surface area (Å²) < 4.78 is 7.77. The lowest BCUT2D eigenvalue weighted by Crippen LogP contribution is -2.55. The van der Waals surface area contributed by atoms with E-state index in [0.717, 1.165) is 22.5 Å². The van der Waals surface area contributed by atoms with E-state index in [0.29, 0.717) is 36.2 Å². The highest BCUT2D eigenvalue weighted by atomic mass is 35.5. The summed E-state index contributed by atoms with van der Waals surface area (Å²) in [6.07, 6.45) is -0.270. The second-order valence-electron chi connectivity index (χ2n) is 9.20. The molecule has 1 amide bonds. The number of para-hydroxylation sites is 2. The molecule has 2 heterocycles. The van der Waals surface area contributed by atoms with Crippen LogP contribution in [0.25, 0.3) is 11.0 Å². The van der Waals surface area contributed by atoms with Crippen molar-refractivity contribution >= 4 is 46.3 Å². The Morgan fingerprint density at radius 1 is 1.12 bits per heavy atom. The standard InChI is InChI=1S/C24H28Cl2N4O2/c1-16-14-28(23(31)32-24(2,3)4)11-12-29(16)22-27-20-7-5-6-8-21(20)30(22)15-17-9-10-18(25)19(26)13-17/h5-10,13,16H,11-12,14-15H2,1-4H3/t16-/m1/s1. The molecule has 4 rings (SSSR count). The number of anilines is 1. The first-order chi connectivity index (χ1) is 15.1. The Morgan fingerprint density at radius 2 is 1.88 bits per heavy atom. The predicted molar refractivity (Wildman–Crippen MR) is 130 cm³/mol. The van der Waals surface area contributed by atoms with Crippen molar-refractivity contribution in [3.8, 4) is 0 Å². The number of imidazole rings is 1. The number of carbonyl (C=O) groups is 1. The van der Waals surface area contributed by atoms with Crippen molar-refractivity contribution in [2.75, 3.05) is 24.5 Å². The molecule has 6 nitrogen and oxygen atoms in total. The van der Waals surface area contributed by atoms with E-state index in [1.165, 1.54) is 0 Å². The van der Waals surface area contributed by atoms with Crippen LogP contribution in [0, 0.1) is 0 Å². The van der Waals surface area contributed by atoms with Crippen LogP contribution in [0.3, 0.4) is 0 Å². The number of hydrogen-bond donors (Lipinski definition) is 0. The first-order valence-electron chi connectivity index (χ1n) is 10.8. The first-order valence-corrected chi connectivity index (χ1v) is 11.5. The van der Waals surface area contributed by atoms with Gasteiger partial charge in [0.15, 0.2) is 0 Å². The summed E-state index contributed by atoms with van der Waals surface area (Å²) in [5, 5.41) is 1.08. The Balaban J connectivity index is 1.62. The van der Waals surface area contributed by atoms with Crippen LogP contribution in [-0.2, 0) is 11.3 Å². The van der Waals surface area contributed by atoms with Crippen LogP contribution in [0.15, 0.2) is 42.5 Å². The number of carbonyl (C=O) groups excluding carboxylic acids is 1. The van der Waals surface area contributed by atoms with Gasteiger partial charge in [-0.1, -0.05) is 41.4 Å². The molecule has 0 N–H and O–H groups in total. The third-order valence-electron chi connectivity index (χ3n) is 5.50. The molecule has 8 heteroatoms. The van der Waals surface area contributed by atoms with Gasteiger partial charge in [0.2, 0.25) is 5.95 Å². The number of benzene rings is 2. The van der Waals surface area contributed by atoms with E-state index in [9.17, 15) is 4.79 Å². The lowest BCUT2D eigenvalue weighted by atomic mass is 10.2. The Kier molecular flexibility index (Phi) is 6.28. The van der Waals surface area contributed by atoms with E-state index >= 15 is 0 Å². The van der Waals surface area contributed by atoms with Crippen molar-refractivity contribution in [3.63, 3.8) is 0 Å². The zero-order valence-corrected chi connectivity index (χ0v) is 20.3. The number of ether oxygens (including phenoxy) is 1. The van der Waals surface area contributed by atoms with Crippen LogP contribution in [0.1, 0.15) is 33.3 Å². The van der Waals surface area contributed by atoms with Gasteiger partial charge < -0.3 is 19.1 Å². The van der Waals surface area contributed by atoms with Crippen molar-refractivity contribution in [2.24, 2.45) is 0 Å². The highest BCUT2D eigenvalue weighted by Crippen LogP contribution is 2.29. The summed E-state index contributed by atoms with van der Waals surface area (Å²) in [5.74, 6) is 0.883. The maximum absolute atomic E-state index is 12.6. The fraction of sp³-hybridized carbons (Fsp3) is 0.417. The van der Waals surface area contributed by atoms with Gasteiger partial charge in [-0.2, -0.15) is 0 Å². The minimum absolute atomic E-state index is 0.0839. The zero-order valence-electron chi connectivity index (χ0n) is 18.8. The molecule has 1 aromatic heterocycles. The van der Waals surface area contributed by atoms with Crippen molar-refractivity contribution in [1.82, 2.24) is 14.5 Å². The number of amides is 1. The van der Waals surface area contributed by atoms with Crippen LogP contribution in [0.5, 0.6) is 0 Å². The molecule has 0 aliphatic carbocycles. The minimum atomic E-state index is -0.509. The van der Waals surface area contributed by atoms with E-state index in [4.69, 9.17) is 32.9 Å². The number of aromatic nitrogens is 2. The topological polar surface area (TPSA) is 50.6 Å². The molecule has 1 atom stereocenters. The summed E-state index contributed by atoms with van der Waals surface area (Å²) in [6, 6.07) is 13.9. The summed E-state index contributed by atoms with van der Waals surface area (Å²) in [6.45, 7) is 10.2. The number of fused-ring (bicyclic) bond motifs is 1. The molecule has 2 aromatic carbocycles. The van der Waals surface area contributed by atoms with E-state index < -0.39 is 5.60 Å². The van der Waals surface area contributed by atoms with Crippen LogP contribution in [0.2, 0.25) is 10.0 Å². The molecule has 0 bridgehead atoms. The van der Waals surface area contributed by atoms with Gasteiger partial charge in [-0.25, -0.2) is 9.78 Å². The summed E-state index contributed by atoms with van der Waals surface area (Å²) in [4.78, 5) is 21.5. The fourth-order valence-corrected chi connectivity index (χ4v) is 4.33. The third kappa shape index (κ3) is 4.81. The minimum Gasteiger partial charge on any atom is -0.444 e. The van der Waals surface area contributed by atoms with Gasteiger partial charge in [0.1, 0.15) is 5.60 Å². The normalized spacial score (nSPS) is 17.1. The van der Waals surface area contributed by atoms with Gasteiger partial charge in [0.25, 0.3) is 0 Å². The molecule has 0 unspecified atom stereocenters. The van der Waals surface area contributed by atoms with Crippen LogP contribution >= 0.6 is 23.2 Å². The average molecular weight is 475 g/mol. The molecule has 0 radical (unpaired) electrons. The second-order valence-corrected chi connectivity index (χ2v) is 10.0. The van der Waals surface area contributed by atoms with Gasteiger partial charge in [0, 0.05) is 25.7 Å². The maximum atomic E-state index is 12.6. The molecular weight excluding hydrogens is 447 g/mol. The lowest BCUT2D eigenvalue weighted by Gasteiger charge is -2.40. The largest absolute Gasteiger partial charge is 0.444 e. The van der Waals surface area contributed by atoms with Gasteiger partial charge in [-0.3, -0.25) is 0 Å². The van der Waals surface area contributed by atoms with Crippen molar-refractivity contribution in [2.45, 2.75) is 45.9 Å². The molecule has 32 heavy (non-hydrogen) atoms. The van der Waals surface area contributed by atoms with Crippen molar-refractivity contribution in [1.29, 1.82) is 0 Å². The van der Waals surface area contributed by atoms with Crippen molar-refractivity contribution < 1.29 is 9.53 Å². The summed E-state index contributed by atoms with van der Waals surface area (Å²) in [7, 11) is 0. The van der Waals surface area contributed by atoms with Gasteiger partial charge in [-0.15, -0.1) is 0 Å². The van der Waals surface area contributed by atoms with E-state index in [2.05, 4.69) is 22.5 Å². The molecule has 0 spiro atoms. The number of hydrogen-bond acceptors (Lipinski definition) is 4. The molecule has 1 aliphatic heterocycles. The number of rotatable bonds is 3. The molecule has 1 saturated heterocycles. The van der Waals surface area contributed by atoms with Crippen LogP contribution < -0.4 is 4.90 Å². The Morgan fingerprint density at radius 3 is 2.56 bits per heavy atom. The number of nitrogens with zero attached hydrogens (tertiary/aromatic N) is 4. The second kappa shape index (κ2) is 8.83. The van der Waals surface area contributed by atoms with Gasteiger partial charge >= 0.3 is 6.09 Å². The fourth-order valence-electron chi connectivity index (χ4n) is 4.01. The Bertz CT molecular complexity index is 1140. The Labute approximate surface area is 198 Å². The smallest absolute Gasteiger partial charge is 0.410 e. The summed E-state index contributed by atoms with van der Waals surface area (Å²) in [5.41, 5.74) is 2.52. The molecule has 0 saturated carbocycles. The monoisotopic (exact) mass is 474 g/mol. The SMILES string of the molecule is C[C@@H]1CN(C(=O)OC(C)(C)C)CCN1c1nc2ccccc2n1Cc1ccc(Cl)c(Cl)c1. The quantitative estimate of drug-likeness (QED) is 0.478. The number of halogens is 2. The Hall–Kier alpha value is -2.44. The van der Waals surface area contributed by atoms with Crippen molar-refractivity contribution in [3.05, 3.63) is 58.1 Å². The average Bonchev–Trinajstić information content (AvgIpc) is 3.07. The van der Waals surface area contributed by atoms with Gasteiger partial charge in [-0.05, 0) is 57.5 Å². The highest BCUT2D eigenvalue weighted by Gasteiger charge is 2.32. The van der Waals surface area contributed by atoms with E-state index in [1.807, 2.05) is 57.2 Å². The zero-order chi connectivity index (χ0) is 23.0. The van der Waals surface area contributed by atoms with Crippen LogP contribution in [-0.4, -0.2) is 51.8 Å².